The highest BCUT2D eigenvalue weighted by molar-refractivity contribution is 5.98. The largest absolute Gasteiger partial charge is 0.451 e. The Bertz CT molecular complexity index is 690. The average molecular weight is 275 g/mol. The minimum Gasteiger partial charge on any atom is -0.451 e. The monoisotopic (exact) mass is 275 g/mol. The molecule has 1 aromatic heterocycles. The summed E-state index contributed by atoms with van der Waals surface area (Å²) in [7, 11) is 1.72. The van der Waals surface area contributed by atoms with Crippen LogP contribution in [-0.2, 0) is 16.6 Å². The van der Waals surface area contributed by atoms with Gasteiger partial charge < -0.3 is 15.0 Å². The summed E-state index contributed by atoms with van der Waals surface area (Å²) in [4.78, 5) is 33.5. The molecule has 0 aliphatic rings. The molecule has 0 spiro atoms. The third-order valence-corrected chi connectivity index (χ3v) is 2.76. The smallest absolute Gasteiger partial charge is 0.355 e. The Morgan fingerprint density at radius 2 is 2.00 bits per heavy atom. The van der Waals surface area contributed by atoms with Crippen LogP contribution in [-0.4, -0.2) is 29.1 Å². The van der Waals surface area contributed by atoms with Crippen LogP contribution in [0.2, 0.25) is 0 Å². The molecule has 0 saturated heterocycles. The number of nitrogens with zero attached hydrogens (tertiary/aromatic N) is 1. The molecule has 0 radical (unpaired) electrons. The Morgan fingerprint density at radius 3 is 2.65 bits per heavy atom. The Labute approximate surface area is 114 Å². The lowest BCUT2D eigenvalue weighted by Crippen LogP contribution is -2.37. The first-order chi connectivity index (χ1) is 9.49. The summed E-state index contributed by atoms with van der Waals surface area (Å²) in [6, 6.07) is 8.13. The van der Waals surface area contributed by atoms with Gasteiger partial charge in [-0.3, -0.25) is 10.1 Å². The summed E-state index contributed by atoms with van der Waals surface area (Å²) in [6.45, 7) is -0.566. The van der Waals surface area contributed by atoms with Crippen LogP contribution in [0.15, 0.2) is 30.3 Å². The van der Waals surface area contributed by atoms with Crippen molar-refractivity contribution < 1.29 is 19.1 Å². The number of para-hydroxylation sites is 1. The first kappa shape index (κ1) is 13.6. The van der Waals surface area contributed by atoms with Crippen LogP contribution in [0.3, 0.4) is 0 Å². The number of urea groups is 1. The van der Waals surface area contributed by atoms with Crippen LogP contribution in [0.5, 0.6) is 0 Å². The second-order valence-electron chi connectivity index (χ2n) is 4.14. The molecule has 3 amide bonds. The Morgan fingerprint density at radius 1 is 1.30 bits per heavy atom. The van der Waals surface area contributed by atoms with Crippen molar-refractivity contribution in [3.8, 4) is 0 Å². The van der Waals surface area contributed by atoms with E-state index in [4.69, 9.17) is 10.5 Å². The van der Waals surface area contributed by atoms with Gasteiger partial charge in [-0.2, -0.15) is 0 Å². The maximum atomic E-state index is 11.9. The number of aryl methyl sites for hydroxylation is 1. The maximum absolute atomic E-state index is 11.9. The third kappa shape index (κ3) is 2.77. The average Bonchev–Trinajstić information content (AvgIpc) is 2.73. The van der Waals surface area contributed by atoms with E-state index in [1.807, 2.05) is 24.3 Å². The number of carbonyl (C=O) groups excluding carboxylic acids is 3. The lowest BCUT2D eigenvalue weighted by atomic mass is 10.2. The molecule has 2 aromatic rings. The number of ether oxygens (including phenoxy) is 1. The fourth-order valence-electron chi connectivity index (χ4n) is 1.86. The fourth-order valence-corrected chi connectivity index (χ4v) is 1.86. The summed E-state index contributed by atoms with van der Waals surface area (Å²) in [5.41, 5.74) is 5.96. The Kier molecular flexibility index (Phi) is 3.69. The van der Waals surface area contributed by atoms with Crippen molar-refractivity contribution in [3.05, 3.63) is 36.0 Å². The van der Waals surface area contributed by atoms with Gasteiger partial charge in [0.05, 0.1) is 0 Å². The van der Waals surface area contributed by atoms with Crippen LogP contribution in [0.1, 0.15) is 10.5 Å². The van der Waals surface area contributed by atoms with Crippen LogP contribution in [0.25, 0.3) is 10.9 Å². The van der Waals surface area contributed by atoms with Gasteiger partial charge in [0.1, 0.15) is 5.69 Å². The molecule has 3 N–H and O–H groups in total. The molecule has 0 unspecified atom stereocenters. The third-order valence-electron chi connectivity index (χ3n) is 2.76. The van der Waals surface area contributed by atoms with Crippen LogP contribution < -0.4 is 11.1 Å². The lowest BCUT2D eigenvalue weighted by molar-refractivity contribution is -0.123. The minimum absolute atomic E-state index is 0.318. The van der Waals surface area contributed by atoms with Crippen molar-refractivity contribution in [2.45, 2.75) is 0 Å². The SMILES string of the molecule is Cn1c(C(=O)OCC(=O)NC(N)=O)cc2ccccc21. The van der Waals surface area contributed by atoms with Gasteiger partial charge in [0.2, 0.25) is 0 Å². The predicted molar refractivity (Wildman–Crippen MR) is 70.9 cm³/mol. The number of primary amides is 1. The number of imide groups is 1. The number of nitrogens with two attached hydrogens (primary N) is 1. The van der Waals surface area contributed by atoms with Crippen molar-refractivity contribution in [3.63, 3.8) is 0 Å². The van der Waals surface area contributed by atoms with Gasteiger partial charge in [-0.25, -0.2) is 9.59 Å². The Balaban J connectivity index is 2.10. The van der Waals surface area contributed by atoms with Crippen molar-refractivity contribution >= 4 is 28.8 Å². The van der Waals surface area contributed by atoms with Crippen molar-refractivity contribution in [2.75, 3.05) is 6.61 Å². The number of benzene rings is 1. The molecule has 0 saturated carbocycles. The molecule has 7 heteroatoms. The zero-order chi connectivity index (χ0) is 14.7. The number of carbonyl (C=O) groups is 3. The summed E-state index contributed by atoms with van der Waals surface area (Å²) >= 11 is 0. The molecular weight excluding hydrogens is 262 g/mol. The molecule has 2 rings (SSSR count). The van der Waals surface area contributed by atoms with Crippen LogP contribution in [0.4, 0.5) is 4.79 Å². The second-order valence-corrected chi connectivity index (χ2v) is 4.14. The summed E-state index contributed by atoms with van der Waals surface area (Å²) < 4.78 is 6.49. The maximum Gasteiger partial charge on any atom is 0.355 e. The van der Waals surface area contributed by atoms with Gasteiger partial charge >= 0.3 is 12.0 Å². The summed E-state index contributed by atoms with van der Waals surface area (Å²) in [5, 5.41) is 2.70. The van der Waals surface area contributed by atoms with E-state index >= 15 is 0 Å². The Hall–Kier alpha value is -2.83. The number of rotatable bonds is 3. The topological polar surface area (TPSA) is 103 Å². The van der Waals surface area contributed by atoms with E-state index in [-0.39, 0.29) is 0 Å². The van der Waals surface area contributed by atoms with E-state index < -0.39 is 24.5 Å². The molecule has 0 fully saturated rings. The zero-order valence-corrected chi connectivity index (χ0v) is 10.8. The molecule has 0 aliphatic carbocycles. The number of hydrogen-bond donors (Lipinski definition) is 2. The highest BCUT2D eigenvalue weighted by atomic mass is 16.5. The van der Waals surface area contributed by atoms with Gasteiger partial charge in [0.15, 0.2) is 6.61 Å². The highest BCUT2D eigenvalue weighted by Gasteiger charge is 2.16. The number of amides is 3. The number of nitrogens with one attached hydrogen (secondary N) is 1. The molecule has 104 valence electrons. The lowest BCUT2D eigenvalue weighted by Gasteiger charge is -2.05. The van der Waals surface area contributed by atoms with Crippen LogP contribution >= 0.6 is 0 Å². The van der Waals surface area contributed by atoms with Crippen molar-refractivity contribution in [1.82, 2.24) is 9.88 Å². The van der Waals surface area contributed by atoms with E-state index in [0.29, 0.717) is 5.69 Å². The van der Waals surface area contributed by atoms with E-state index in [2.05, 4.69) is 0 Å². The molecule has 0 bridgehead atoms. The van der Waals surface area contributed by atoms with Gasteiger partial charge in [-0.15, -0.1) is 0 Å². The van der Waals surface area contributed by atoms with Gasteiger partial charge in [0.25, 0.3) is 5.91 Å². The van der Waals surface area contributed by atoms with Gasteiger partial charge in [-0.05, 0) is 12.1 Å². The number of fused-ring (bicyclic) bond motifs is 1. The van der Waals surface area contributed by atoms with E-state index in [1.165, 1.54) is 0 Å². The van der Waals surface area contributed by atoms with E-state index in [9.17, 15) is 14.4 Å². The minimum atomic E-state index is -0.990. The van der Waals surface area contributed by atoms with E-state index in [1.54, 1.807) is 23.0 Å². The molecular formula is C13H13N3O4. The molecule has 20 heavy (non-hydrogen) atoms. The predicted octanol–water partition coefficient (Wildman–Crippen LogP) is 0.530. The molecule has 1 heterocycles. The highest BCUT2D eigenvalue weighted by Crippen LogP contribution is 2.18. The molecule has 0 aliphatic heterocycles. The fraction of sp³-hybridized carbons (Fsp3) is 0.154. The van der Waals surface area contributed by atoms with Gasteiger partial charge in [0, 0.05) is 18.0 Å². The normalized spacial score (nSPS) is 10.2. The summed E-state index contributed by atoms with van der Waals surface area (Å²) in [5.74, 6) is -1.42. The first-order valence-corrected chi connectivity index (χ1v) is 5.80. The van der Waals surface area contributed by atoms with Gasteiger partial charge in [-0.1, -0.05) is 18.2 Å². The van der Waals surface area contributed by atoms with E-state index in [0.717, 1.165) is 10.9 Å². The quantitative estimate of drug-likeness (QED) is 0.797. The molecule has 1 aromatic carbocycles. The van der Waals surface area contributed by atoms with Crippen molar-refractivity contribution in [1.29, 1.82) is 0 Å². The standard InChI is InChI=1S/C13H13N3O4/c1-16-9-5-3-2-4-8(9)6-10(16)12(18)20-7-11(17)15-13(14)19/h2-6H,7H2,1H3,(H3,14,15,17,19). The molecule has 7 nitrogen and oxygen atoms in total. The number of hydrogen-bond acceptors (Lipinski definition) is 4. The number of esters is 1. The van der Waals surface area contributed by atoms with Crippen LogP contribution in [0, 0.1) is 0 Å². The second kappa shape index (κ2) is 5.43. The zero-order valence-electron chi connectivity index (χ0n) is 10.8. The first-order valence-electron chi connectivity index (χ1n) is 5.80. The van der Waals surface area contributed by atoms with Crippen molar-refractivity contribution in [2.24, 2.45) is 12.8 Å². The molecule has 0 atom stereocenters. The summed E-state index contributed by atoms with van der Waals surface area (Å²) in [6.07, 6.45) is 0. The number of aromatic nitrogens is 1.